The third kappa shape index (κ3) is 7.56. The first-order valence-corrected chi connectivity index (χ1v) is 10.4. The number of ether oxygens (including phenoxy) is 1. The van der Waals surface area contributed by atoms with Gasteiger partial charge in [0.2, 0.25) is 0 Å². The van der Waals surface area contributed by atoms with Crippen molar-refractivity contribution in [3.63, 3.8) is 0 Å². The summed E-state index contributed by atoms with van der Waals surface area (Å²) in [7, 11) is 1.79. The van der Waals surface area contributed by atoms with Crippen LogP contribution >= 0.6 is 24.0 Å². The fourth-order valence-electron chi connectivity index (χ4n) is 3.67. The number of nitrogens with one attached hydrogen (secondary N) is 3. The van der Waals surface area contributed by atoms with Gasteiger partial charge in [-0.1, -0.05) is 18.2 Å². The number of hydrogen-bond acceptors (Lipinski definition) is 4. The predicted octanol–water partition coefficient (Wildman–Crippen LogP) is 2.96. The zero-order chi connectivity index (χ0) is 19.8. The number of halogens is 1. The van der Waals surface area contributed by atoms with Crippen molar-refractivity contribution in [1.82, 2.24) is 16.0 Å². The minimum absolute atomic E-state index is 0. The maximum atomic E-state index is 11.8. The fourth-order valence-corrected chi connectivity index (χ4v) is 3.67. The number of nitrogens with zero attached hydrogens (tertiary/aromatic N) is 2. The van der Waals surface area contributed by atoms with Gasteiger partial charge in [0.1, 0.15) is 0 Å². The van der Waals surface area contributed by atoms with Crippen LogP contribution in [0, 0.1) is 5.92 Å². The maximum absolute atomic E-state index is 11.8. The molecule has 2 aliphatic rings. The number of alkyl carbamates (subject to hydrolysis) is 1. The SMILES string of the molecule is CCOC(=O)NC(CNC(=NC)NC1CCN(c2ccccc2)CC1)C1CC1.I. The highest BCUT2D eigenvalue weighted by Gasteiger charge is 2.32. The van der Waals surface area contributed by atoms with E-state index in [1.165, 1.54) is 5.69 Å². The van der Waals surface area contributed by atoms with E-state index in [0.29, 0.717) is 25.1 Å². The van der Waals surface area contributed by atoms with Gasteiger partial charge in [0.25, 0.3) is 0 Å². The van der Waals surface area contributed by atoms with E-state index < -0.39 is 0 Å². The topological polar surface area (TPSA) is 78.0 Å². The molecule has 1 aliphatic heterocycles. The Hall–Kier alpha value is -1.71. The van der Waals surface area contributed by atoms with Crippen molar-refractivity contribution in [3.8, 4) is 0 Å². The van der Waals surface area contributed by atoms with Crippen LogP contribution in [-0.2, 0) is 4.74 Å². The third-order valence-electron chi connectivity index (χ3n) is 5.44. The van der Waals surface area contributed by atoms with Crippen LogP contribution in [0.4, 0.5) is 10.5 Å². The molecule has 1 aromatic carbocycles. The highest BCUT2D eigenvalue weighted by atomic mass is 127. The summed E-state index contributed by atoms with van der Waals surface area (Å²) in [6.45, 7) is 4.94. The first-order valence-electron chi connectivity index (χ1n) is 10.4. The molecule has 1 aliphatic carbocycles. The molecule has 1 atom stereocenters. The fraction of sp³-hybridized carbons (Fsp3) is 0.619. The van der Waals surface area contributed by atoms with Crippen LogP contribution < -0.4 is 20.9 Å². The standard InChI is InChI=1S/C21H33N5O2.HI/c1-3-28-21(27)25-19(16-9-10-16)15-23-20(22-2)24-17-11-13-26(14-12-17)18-7-5-4-6-8-18;/h4-8,16-17,19H,3,9-15H2,1-2H3,(H,25,27)(H2,22,23,24);1H. The zero-order valence-corrected chi connectivity index (χ0v) is 19.7. The first kappa shape index (κ1) is 23.6. The van der Waals surface area contributed by atoms with Crippen molar-refractivity contribution in [2.45, 2.75) is 44.7 Å². The Balaban J connectivity index is 0.00000300. The highest BCUT2D eigenvalue weighted by molar-refractivity contribution is 14.0. The van der Waals surface area contributed by atoms with Crippen molar-refractivity contribution in [1.29, 1.82) is 0 Å². The number of amides is 1. The van der Waals surface area contributed by atoms with Crippen LogP contribution in [0.1, 0.15) is 32.6 Å². The van der Waals surface area contributed by atoms with Gasteiger partial charge >= 0.3 is 6.09 Å². The second-order valence-corrected chi connectivity index (χ2v) is 7.50. The van der Waals surface area contributed by atoms with Crippen LogP contribution in [0.3, 0.4) is 0 Å². The summed E-state index contributed by atoms with van der Waals surface area (Å²) >= 11 is 0. The number of benzene rings is 1. The van der Waals surface area contributed by atoms with Crippen molar-refractivity contribution < 1.29 is 9.53 Å². The molecule has 0 aromatic heterocycles. The molecule has 8 heteroatoms. The van der Waals surface area contributed by atoms with Gasteiger partial charge in [0.05, 0.1) is 12.6 Å². The van der Waals surface area contributed by atoms with E-state index in [4.69, 9.17) is 4.74 Å². The van der Waals surface area contributed by atoms with Crippen LogP contribution in [0.15, 0.2) is 35.3 Å². The van der Waals surface area contributed by atoms with Crippen LogP contribution in [0.5, 0.6) is 0 Å². The largest absolute Gasteiger partial charge is 0.450 e. The lowest BCUT2D eigenvalue weighted by Gasteiger charge is -2.34. The minimum Gasteiger partial charge on any atom is -0.450 e. The molecule has 0 radical (unpaired) electrons. The lowest BCUT2D eigenvalue weighted by Crippen LogP contribution is -2.52. The number of anilines is 1. The third-order valence-corrected chi connectivity index (χ3v) is 5.44. The van der Waals surface area contributed by atoms with E-state index in [1.54, 1.807) is 7.05 Å². The average molecular weight is 515 g/mol. The van der Waals surface area contributed by atoms with E-state index in [2.05, 4.69) is 56.2 Å². The van der Waals surface area contributed by atoms with Gasteiger partial charge in [-0.3, -0.25) is 4.99 Å². The lowest BCUT2D eigenvalue weighted by molar-refractivity contribution is 0.146. The minimum atomic E-state index is -0.336. The van der Waals surface area contributed by atoms with Crippen LogP contribution in [0.25, 0.3) is 0 Å². The number of piperidine rings is 1. The smallest absolute Gasteiger partial charge is 0.407 e. The van der Waals surface area contributed by atoms with Crippen molar-refractivity contribution in [2.75, 3.05) is 38.2 Å². The van der Waals surface area contributed by atoms with Gasteiger partial charge in [-0.15, -0.1) is 24.0 Å². The number of carbonyl (C=O) groups excluding carboxylic acids is 1. The number of rotatable bonds is 7. The Morgan fingerprint density at radius 2 is 1.90 bits per heavy atom. The summed E-state index contributed by atoms with van der Waals surface area (Å²) in [5, 5.41) is 9.90. The van der Waals surface area contributed by atoms with Gasteiger partial charge < -0.3 is 25.6 Å². The van der Waals surface area contributed by atoms with Gasteiger partial charge in [-0.05, 0) is 50.7 Å². The number of hydrogen-bond donors (Lipinski definition) is 3. The molecule has 0 bridgehead atoms. The van der Waals surface area contributed by atoms with Crippen molar-refractivity contribution in [2.24, 2.45) is 10.9 Å². The molecule has 1 unspecified atom stereocenters. The van der Waals surface area contributed by atoms with Crippen molar-refractivity contribution >= 4 is 41.7 Å². The Labute approximate surface area is 191 Å². The Bertz CT molecular complexity index is 646. The molecule has 162 valence electrons. The van der Waals surface area contributed by atoms with Gasteiger partial charge in [0.15, 0.2) is 5.96 Å². The van der Waals surface area contributed by atoms with E-state index in [0.717, 1.165) is 44.7 Å². The Kier molecular flexibility index (Phi) is 9.83. The molecule has 1 amide bonds. The Morgan fingerprint density at radius 1 is 1.21 bits per heavy atom. The molecule has 29 heavy (non-hydrogen) atoms. The summed E-state index contributed by atoms with van der Waals surface area (Å²) in [4.78, 5) is 18.5. The van der Waals surface area contributed by atoms with Gasteiger partial charge in [-0.25, -0.2) is 4.79 Å². The number of guanidine groups is 1. The quantitative estimate of drug-likeness (QED) is 0.296. The second-order valence-electron chi connectivity index (χ2n) is 7.50. The molecule has 3 N–H and O–H groups in total. The number of aliphatic imine (C=N–C) groups is 1. The first-order chi connectivity index (χ1) is 13.7. The maximum Gasteiger partial charge on any atom is 0.407 e. The van der Waals surface area contributed by atoms with Crippen molar-refractivity contribution in [3.05, 3.63) is 30.3 Å². The zero-order valence-electron chi connectivity index (χ0n) is 17.4. The molecular weight excluding hydrogens is 481 g/mol. The van der Waals surface area contributed by atoms with Crippen LogP contribution in [0.2, 0.25) is 0 Å². The predicted molar refractivity (Wildman–Crippen MR) is 128 cm³/mol. The summed E-state index contributed by atoms with van der Waals surface area (Å²) in [6.07, 6.45) is 4.12. The summed E-state index contributed by atoms with van der Waals surface area (Å²) in [5.74, 6) is 1.33. The molecule has 1 aromatic rings. The highest BCUT2D eigenvalue weighted by Crippen LogP contribution is 2.32. The number of carbonyl (C=O) groups is 1. The molecule has 3 rings (SSSR count). The Morgan fingerprint density at radius 3 is 2.48 bits per heavy atom. The van der Waals surface area contributed by atoms with Gasteiger partial charge in [0, 0.05) is 38.4 Å². The summed E-state index contributed by atoms with van der Waals surface area (Å²) < 4.78 is 5.02. The molecule has 7 nitrogen and oxygen atoms in total. The molecule has 0 spiro atoms. The lowest BCUT2D eigenvalue weighted by atomic mass is 10.0. The second kappa shape index (κ2) is 12.1. The average Bonchev–Trinajstić information content (AvgIpc) is 3.56. The van der Waals surface area contributed by atoms with E-state index >= 15 is 0 Å². The van der Waals surface area contributed by atoms with E-state index in [9.17, 15) is 4.79 Å². The molecule has 2 fully saturated rings. The van der Waals surface area contributed by atoms with Crippen LogP contribution in [-0.4, -0.2) is 57.4 Å². The van der Waals surface area contributed by atoms with E-state index in [1.807, 2.05) is 6.92 Å². The summed E-state index contributed by atoms with van der Waals surface area (Å²) in [6, 6.07) is 11.1. The van der Waals surface area contributed by atoms with Gasteiger partial charge in [-0.2, -0.15) is 0 Å². The normalized spacial score (nSPS) is 18.4. The number of para-hydroxylation sites is 1. The summed E-state index contributed by atoms with van der Waals surface area (Å²) in [5.41, 5.74) is 1.29. The molecule has 1 saturated heterocycles. The monoisotopic (exact) mass is 515 g/mol. The van der Waals surface area contributed by atoms with E-state index in [-0.39, 0.29) is 36.1 Å². The molecular formula is C21H34IN5O2. The molecule has 1 heterocycles. The molecule has 1 saturated carbocycles.